The summed E-state index contributed by atoms with van der Waals surface area (Å²) in [5.74, 6) is 0. The Morgan fingerprint density at radius 1 is 1.28 bits per heavy atom. The molecule has 0 bridgehead atoms. The van der Waals surface area contributed by atoms with Crippen molar-refractivity contribution in [3.8, 4) is 6.07 Å². The molecule has 1 aliphatic rings. The van der Waals surface area contributed by atoms with Crippen LogP contribution in [0.1, 0.15) is 58.8 Å². The minimum Gasteiger partial charge on any atom is -0.315 e. The number of rotatable bonds is 7. The number of hydrogen-bond acceptors (Lipinski definition) is 3. The van der Waals surface area contributed by atoms with Gasteiger partial charge in [0.2, 0.25) is 0 Å². The van der Waals surface area contributed by atoms with E-state index >= 15 is 0 Å². The molecule has 0 radical (unpaired) electrons. The van der Waals surface area contributed by atoms with Crippen LogP contribution in [0.2, 0.25) is 0 Å². The summed E-state index contributed by atoms with van der Waals surface area (Å²) in [6, 6.07) is 2.25. The highest BCUT2D eigenvalue weighted by Gasteiger charge is 2.31. The van der Waals surface area contributed by atoms with Crippen molar-refractivity contribution in [1.82, 2.24) is 5.32 Å². The van der Waals surface area contributed by atoms with Crippen LogP contribution in [0, 0.1) is 16.7 Å². The number of nitrogens with zero attached hydrogens (tertiary/aromatic N) is 1. The van der Waals surface area contributed by atoms with E-state index < -0.39 is 0 Å². The van der Waals surface area contributed by atoms with Gasteiger partial charge in [0.25, 0.3) is 0 Å². The maximum Gasteiger partial charge on any atom is 0.0621 e. The number of nitriles is 1. The maximum absolute atomic E-state index is 8.66. The Bertz CT molecular complexity index is 275. The number of nitrogens with one attached hydrogen (secondary N) is 1. The summed E-state index contributed by atoms with van der Waals surface area (Å²) < 4.78 is 0.476. The molecule has 0 atom stereocenters. The molecule has 1 fully saturated rings. The van der Waals surface area contributed by atoms with E-state index in [-0.39, 0.29) is 5.41 Å². The van der Waals surface area contributed by atoms with Crippen LogP contribution in [-0.2, 0) is 0 Å². The Hall–Kier alpha value is -0.200. The summed E-state index contributed by atoms with van der Waals surface area (Å²) in [6.45, 7) is 6.66. The van der Waals surface area contributed by atoms with Crippen molar-refractivity contribution in [3.63, 3.8) is 0 Å². The normalized spacial score (nSPS) is 19.4. The summed E-state index contributed by atoms with van der Waals surface area (Å²) in [6.07, 6.45) is 10.8. The van der Waals surface area contributed by atoms with Crippen LogP contribution >= 0.6 is 11.8 Å². The zero-order valence-electron chi connectivity index (χ0n) is 12.2. The van der Waals surface area contributed by atoms with Gasteiger partial charge in [-0.15, -0.1) is 0 Å². The first-order valence-electron chi connectivity index (χ1n) is 7.16. The lowest BCUT2D eigenvalue weighted by Crippen LogP contribution is -2.42. The lowest BCUT2D eigenvalue weighted by atomic mass is 9.86. The average molecular weight is 268 g/mol. The highest BCUT2D eigenvalue weighted by molar-refractivity contribution is 8.00. The SMILES string of the molecule is CSC1(CNCC(C)(C)CCC#N)CCCCC1. The average Bonchev–Trinajstić information content (AvgIpc) is 2.37. The van der Waals surface area contributed by atoms with Crippen molar-refractivity contribution in [2.45, 2.75) is 63.5 Å². The molecule has 1 N–H and O–H groups in total. The van der Waals surface area contributed by atoms with Crippen LogP contribution in [0.5, 0.6) is 0 Å². The van der Waals surface area contributed by atoms with Crippen molar-refractivity contribution in [1.29, 1.82) is 5.26 Å². The van der Waals surface area contributed by atoms with E-state index in [1.54, 1.807) is 0 Å². The number of thioether (sulfide) groups is 1. The van der Waals surface area contributed by atoms with Gasteiger partial charge in [-0.05, 0) is 30.9 Å². The topological polar surface area (TPSA) is 35.8 Å². The zero-order valence-corrected chi connectivity index (χ0v) is 13.0. The van der Waals surface area contributed by atoms with Gasteiger partial charge in [0.15, 0.2) is 0 Å². The molecule has 0 spiro atoms. The summed E-state index contributed by atoms with van der Waals surface area (Å²) in [4.78, 5) is 0. The standard InChI is InChI=1S/C15H28N2S/c1-14(2,8-7-11-16)12-17-13-15(18-3)9-5-4-6-10-15/h17H,4-10,12-13H2,1-3H3. The fourth-order valence-electron chi connectivity index (χ4n) is 2.76. The van der Waals surface area contributed by atoms with Gasteiger partial charge in [0.05, 0.1) is 6.07 Å². The molecule has 0 aliphatic heterocycles. The van der Waals surface area contributed by atoms with Gasteiger partial charge in [0, 0.05) is 24.3 Å². The fourth-order valence-corrected chi connectivity index (χ4v) is 3.70. The summed E-state index contributed by atoms with van der Waals surface area (Å²) in [5, 5.41) is 12.3. The largest absolute Gasteiger partial charge is 0.315 e. The van der Waals surface area contributed by atoms with Crippen LogP contribution in [-0.4, -0.2) is 24.1 Å². The van der Waals surface area contributed by atoms with Gasteiger partial charge in [-0.3, -0.25) is 0 Å². The molecule has 2 nitrogen and oxygen atoms in total. The maximum atomic E-state index is 8.66. The molecule has 1 rings (SSSR count). The minimum absolute atomic E-state index is 0.240. The second-order valence-corrected chi connectivity index (χ2v) is 7.65. The highest BCUT2D eigenvalue weighted by atomic mass is 32.2. The van der Waals surface area contributed by atoms with E-state index in [1.807, 2.05) is 11.8 Å². The van der Waals surface area contributed by atoms with E-state index in [0.717, 1.165) is 19.5 Å². The first-order valence-corrected chi connectivity index (χ1v) is 8.39. The number of hydrogen-bond donors (Lipinski definition) is 1. The van der Waals surface area contributed by atoms with Gasteiger partial charge >= 0.3 is 0 Å². The molecule has 0 aromatic heterocycles. The fraction of sp³-hybridized carbons (Fsp3) is 0.933. The minimum atomic E-state index is 0.240. The van der Waals surface area contributed by atoms with E-state index in [9.17, 15) is 0 Å². The molecule has 1 saturated carbocycles. The van der Waals surface area contributed by atoms with Crippen molar-refractivity contribution in [3.05, 3.63) is 0 Å². The molecule has 3 heteroatoms. The molecule has 18 heavy (non-hydrogen) atoms. The molecular weight excluding hydrogens is 240 g/mol. The van der Waals surface area contributed by atoms with Crippen molar-refractivity contribution in [2.75, 3.05) is 19.3 Å². The molecule has 0 aromatic rings. The Kier molecular flexibility index (Phi) is 6.52. The predicted molar refractivity (Wildman–Crippen MR) is 80.8 cm³/mol. The molecule has 0 saturated heterocycles. The molecule has 0 heterocycles. The highest BCUT2D eigenvalue weighted by Crippen LogP contribution is 2.38. The predicted octanol–water partition coefficient (Wildman–Crippen LogP) is 3.97. The molecular formula is C15H28N2S. The summed E-state index contributed by atoms with van der Waals surface area (Å²) >= 11 is 2.05. The lowest BCUT2D eigenvalue weighted by molar-refractivity contribution is 0.298. The van der Waals surface area contributed by atoms with E-state index in [1.165, 1.54) is 32.1 Å². The Balaban J connectivity index is 2.32. The summed E-state index contributed by atoms with van der Waals surface area (Å²) in [5.41, 5.74) is 0.240. The third-order valence-corrected chi connectivity index (χ3v) is 5.58. The Morgan fingerprint density at radius 3 is 2.50 bits per heavy atom. The third-order valence-electron chi connectivity index (χ3n) is 4.16. The first kappa shape index (κ1) is 15.9. The lowest BCUT2D eigenvalue weighted by Gasteiger charge is -2.37. The van der Waals surface area contributed by atoms with Crippen LogP contribution in [0.15, 0.2) is 0 Å². The molecule has 0 amide bonds. The van der Waals surface area contributed by atoms with Gasteiger partial charge in [-0.1, -0.05) is 33.1 Å². The smallest absolute Gasteiger partial charge is 0.0621 e. The van der Waals surface area contributed by atoms with Crippen molar-refractivity contribution >= 4 is 11.8 Å². The van der Waals surface area contributed by atoms with Gasteiger partial charge in [0.1, 0.15) is 0 Å². The second-order valence-electron chi connectivity index (χ2n) is 6.37. The Labute approximate surface area is 117 Å². The quantitative estimate of drug-likeness (QED) is 0.759. The zero-order chi connectivity index (χ0) is 13.5. The second kappa shape index (κ2) is 7.40. The van der Waals surface area contributed by atoms with Gasteiger partial charge in [-0.2, -0.15) is 17.0 Å². The monoisotopic (exact) mass is 268 g/mol. The molecule has 104 valence electrons. The van der Waals surface area contributed by atoms with E-state index in [2.05, 4.69) is 31.5 Å². The molecule has 1 aliphatic carbocycles. The van der Waals surface area contributed by atoms with Crippen LogP contribution < -0.4 is 5.32 Å². The summed E-state index contributed by atoms with van der Waals surface area (Å²) in [7, 11) is 0. The Morgan fingerprint density at radius 2 is 1.94 bits per heavy atom. The third kappa shape index (κ3) is 5.20. The van der Waals surface area contributed by atoms with Crippen molar-refractivity contribution < 1.29 is 0 Å². The van der Waals surface area contributed by atoms with Gasteiger partial charge in [-0.25, -0.2) is 0 Å². The van der Waals surface area contributed by atoms with Crippen LogP contribution in [0.3, 0.4) is 0 Å². The van der Waals surface area contributed by atoms with Gasteiger partial charge < -0.3 is 5.32 Å². The molecule has 0 unspecified atom stereocenters. The first-order chi connectivity index (χ1) is 8.54. The van der Waals surface area contributed by atoms with Crippen LogP contribution in [0.25, 0.3) is 0 Å². The van der Waals surface area contributed by atoms with Crippen LogP contribution in [0.4, 0.5) is 0 Å². The van der Waals surface area contributed by atoms with E-state index in [0.29, 0.717) is 11.2 Å². The molecule has 0 aromatic carbocycles. The van der Waals surface area contributed by atoms with E-state index in [4.69, 9.17) is 5.26 Å². The van der Waals surface area contributed by atoms with Crippen molar-refractivity contribution in [2.24, 2.45) is 5.41 Å².